The van der Waals surface area contributed by atoms with Gasteiger partial charge in [0.15, 0.2) is 0 Å². The molecule has 1 N–H and O–H groups in total. The number of amides is 1. The highest BCUT2D eigenvalue weighted by atomic mass is 16.2. The molecule has 4 rings (SSSR count). The second kappa shape index (κ2) is 8.62. The first-order chi connectivity index (χ1) is 14.6. The predicted molar refractivity (Wildman–Crippen MR) is 121 cm³/mol. The Bertz CT molecular complexity index is 1200. The normalized spacial score (nSPS) is 10.6. The quantitative estimate of drug-likeness (QED) is 0.506. The molecule has 4 heteroatoms. The zero-order valence-electron chi connectivity index (χ0n) is 16.7. The van der Waals surface area contributed by atoms with Crippen LogP contribution in [-0.2, 0) is 6.54 Å². The number of carbonyl (C=O) groups excluding carboxylic acids is 1. The number of aromatic nitrogens is 1. The summed E-state index contributed by atoms with van der Waals surface area (Å²) in [4.78, 5) is 31.8. The Morgan fingerprint density at radius 3 is 2.03 bits per heavy atom. The molecule has 4 nitrogen and oxygen atoms in total. The van der Waals surface area contributed by atoms with Gasteiger partial charge < -0.3 is 9.88 Å². The maximum Gasteiger partial charge on any atom is 0.264 e. The largest absolute Gasteiger partial charge is 0.364 e. The lowest BCUT2D eigenvalue weighted by Gasteiger charge is -2.24. The van der Waals surface area contributed by atoms with E-state index in [-0.39, 0.29) is 16.9 Å². The molecule has 30 heavy (non-hydrogen) atoms. The fraction of sp³-hybridized carbons (Fsp3) is 0.0769. The van der Waals surface area contributed by atoms with Gasteiger partial charge in [0.1, 0.15) is 5.56 Å². The van der Waals surface area contributed by atoms with E-state index in [4.69, 9.17) is 0 Å². The van der Waals surface area contributed by atoms with Crippen molar-refractivity contribution in [3.05, 3.63) is 124 Å². The first-order valence-electron chi connectivity index (χ1n) is 9.83. The number of nitrogens with one attached hydrogen (secondary N) is 1. The topological polar surface area (TPSA) is 53.2 Å². The Hall–Kier alpha value is -3.92. The summed E-state index contributed by atoms with van der Waals surface area (Å²) in [5.74, 6) is -0.318. The summed E-state index contributed by atoms with van der Waals surface area (Å²) >= 11 is 0. The van der Waals surface area contributed by atoms with Crippen molar-refractivity contribution < 1.29 is 4.79 Å². The molecule has 0 atom stereocenters. The molecular formula is C26H22N2O2. The van der Waals surface area contributed by atoms with Gasteiger partial charge in [-0.15, -0.1) is 0 Å². The second-order valence-corrected chi connectivity index (χ2v) is 7.11. The van der Waals surface area contributed by atoms with Crippen LogP contribution in [0.25, 0.3) is 11.1 Å². The monoisotopic (exact) mass is 394 g/mol. The van der Waals surface area contributed by atoms with Crippen LogP contribution in [0.2, 0.25) is 0 Å². The molecule has 0 saturated carbocycles. The number of rotatable bonds is 5. The van der Waals surface area contributed by atoms with Gasteiger partial charge in [0.05, 0.1) is 6.54 Å². The summed E-state index contributed by atoms with van der Waals surface area (Å²) in [7, 11) is 0. The number of H-pyrrole nitrogens is 1. The first-order valence-corrected chi connectivity index (χ1v) is 9.83. The van der Waals surface area contributed by atoms with Crippen molar-refractivity contribution in [2.45, 2.75) is 13.5 Å². The molecule has 0 radical (unpaired) electrons. The van der Waals surface area contributed by atoms with E-state index in [1.54, 1.807) is 18.0 Å². The minimum Gasteiger partial charge on any atom is -0.364 e. The van der Waals surface area contributed by atoms with Crippen LogP contribution in [-0.4, -0.2) is 10.9 Å². The number of para-hydroxylation sites is 1. The standard InChI is InChI=1S/C26H22N2O2/c1-19-24(25(29)23(17-27-19)21-13-7-3-8-14-21)26(30)28(22-15-9-4-10-16-22)18-20-11-5-2-6-12-20/h2-17H,18H2,1H3,(H,27,29). The van der Waals surface area contributed by atoms with Crippen molar-refractivity contribution in [2.24, 2.45) is 0 Å². The lowest BCUT2D eigenvalue weighted by atomic mass is 10.0. The lowest BCUT2D eigenvalue weighted by molar-refractivity contribution is 0.0983. The third kappa shape index (κ3) is 3.94. The third-order valence-electron chi connectivity index (χ3n) is 5.07. The first kappa shape index (κ1) is 19.4. The highest BCUT2D eigenvalue weighted by Crippen LogP contribution is 2.22. The Kier molecular flexibility index (Phi) is 5.57. The average Bonchev–Trinajstić information content (AvgIpc) is 2.79. The van der Waals surface area contributed by atoms with Gasteiger partial charge in [-0.3, -0.25) is 9.59 Å². The molecule has 0 bridgehead atoms. The Balaban J connectivity index is 1.81. The van der Waals surface area contributed by atoms with Crippen LogP contribution in [0.4, 0.5) is 5.69 Å². The zero-order valence-corrected chi connectivity index (χ0v) is 16.7. The maximum absolute atomic E-state index is 13.7. The molecule has 0 aliphatic heterocycles. The number of pyridine rings is 1. The molecular weight excluding hydrogens is 372 g/mol. The fourth-order valence-corrected chi connectivity index (χ4v) is 3.50. The molecule has 1 amide bonds. The van der Waals surface area contributed by atoms with E-state index in [1.807, 2.05) is 91.0 Å². The van der Waals surface area contributed by atoms with E-state index >= 15 is 0 Å². The maximum atomic E-state index is 13.7. The van der Waals surface area contributed by atoms with Gasteiger partial charge in [-0.05, 0) is 30.2 Å². The molecule has 4 aromatic rings. The average molecular weight is 394 g/mol. The molecule has 3 aromatic carbocycles. The van der Waals surface area contributed by atoms with Crippen molar-refractivity contribution in [2.75, 3.05) is 4.90 Å². The summed E-state index contributed by atoms with van der Waals surface area (Å²) in [6, 6.07) is 28.6. The van der Waals surface area contributed by atoms with E-state index < -0.39 is 0 Å². The van der Waals surface area contributed by atoms with Crippen molar-refractivity contribution in [1.29, 1.82) is 0 Å². The van der Waals surface area contributed by atoms with E-state index in [0.29, 0.717) is 17.8 Å². The predicted octanol–water partition coefficient (Wildman–Crippen LogP) is 5.20. The number of hydrogen-bond acceptors (Lipinski definition) is 2. The van der Waals surface area contributed by atoms with Crippen molar-refractivity contribution >= 4 is 11.6 Å². The minimum absolute atomic E-state index is 0.163. The smallest absolute Gasteiger partial charge is 0.264 e. The molecule has 0 aliphatic rings. The molecule has 0 spiro atoms. The number of aromatic amines is 1. The van der Waals surface area contributed by atoms with Crippen LogP contribution >= 0.6 is 0 Å². The fourth-order valence-electron chi connectivity index (χ4n) is 3.50. The molecule has 1 aromatic heterocycles. The summed E-state index contributed by atoms with van der Waals surface area (Å²) in [5.41, 5.74) is 3.45. The summed E-state index contributed by atoms with van der Waals surface area (Å²) in [6.45, 7) is 2.13. The van der Waals surface area contributed by atoms with Crippen LogP contribution in [0.5, 0.6) is 0 Å². The zero-order chi connectivity index (χ0) is 20.9. The van der Waals surface area contributed by atoms with Gasteiger partial charge in [-0.25, -0.2) is 0 Å². The van der Waals surface area contributed by atoms with Gasteiger partial charge in [0.25, 0.3) is 5.91 Å². The van der Waals surface area contributed by atoms with Crippen LogP contribution < -0.4 is 10.3 Å². The lowest BCUT2D eigenvalue weighted by Crippen LogP contribution is -2.35. The van der Waals surface area contributed by atoms with Crippen LogP contribution in [0, 0.1) is 6.92 Å². The van der Waals surface area contributed by atoms with Gasteiger partial charge in [0, 0.05) is 23.1 Å². The highest BCUT2D eigenvalue weighted by molar-refractivity contribution is 6.07. The molecule has 0 unspecified atom stereocenters. The number of hydrogen-bond donors (Lipinski definition) is 1. The van der Waals surface area contributed by atoms with Crippen molar-refractivity contribution in [3.8, 4) is 11.1 Å². The molecule has 0 fully saturated rings. The number of benzene rings is 3. The Morgan fingerprint density at radius 2 is 1.40 bits per heavy atom. The van der Waals surface area contributed by atoms with Gasteiger partial charge in [-0.2, -0.15) is 0 Å². The molecule has 148 valence electrons. The van der Waals surface area contributed by atoms with Crippen LogP contribution in [0.1, 0.15) is 21.6 Å². The number of anilines is 1. The molecule has 0 saturated heterocycles. The molecule has 0 aliphatic carbocycles. The third-order valence-corrected chi connectivity index (χ3v) is 5.07. The van der Waals surface area contributed by atoms with E-state index in [0.717, 1.165) is 16.8 Å². The van der Waals surface area contributed by atoms with Crippen molar-refractivity contribution in [3.63, 3.8) is 0 Å². The van der Waals surface area contributed by atoms with Crippen molar-refractivity contribution in [1.82, 2.24) is 4.98 Å². The number of nitrogens with zero attached hydrogens (tertiary/aromatic N) is 1. The van der Waals surface area contributed by atoms with E-state index in [2.05, 4.69) is 4.98 Å². The van der Waals surface area contributed by atoms with Crippen LogP contribution in [0.3, 0.4) is 0 Å². The highest BCUT2D eigenvalue weighted by Gasteiger charge is 2.24. The Morgan fingerprint density at radius 1 is 0.833 bits per heavy atom. The van der Waals surface area contributed by atoms with Gasteiger partial charge in [0.2, 0.25) is 5.43 Å². The van der Waals surface area contributed by atoms with Gasteiger partial charge in [-0.1, -0.05) is 78.9 Å². The summed E-state index contributed by atoms with van der Waals surface area (Å²) in [5, 5.41) is 0. The minimum atomic E-state index is -0.318. The van der Waals surface area contributed by atoms with E-state index in [9.17, 15) is 9.59 Å². The SMILES string of the molecule is Cc1[nH]cc(-c2ccccc2)c(=O)c1C(=O)N(Cc1ccccc1)c1ccccc1. The molecule has 1 heterocycles. The number of aryl methyl sites for hydroxylation is 1. The number of carbonyl (C=O) groups is 1. The summed E-state index contributed by atoms with van der Waals surface area (Å²) < 4.78 is 0. The Labute approximate surface area is 175 Å². The summed E-state index contributed by atoms with van der Waals surface area (Å²) in [6.07, 6.45) is 1.67. The second-order valence-electron chi connectivity index (χ2n) is 7.11. The van der Waals surface area contributed by atoms with Gasteiger partial charge >= 0.3 is 0 Å². The van der Waals surface area contributed by atoms with E-state index in [1.165, 1.54) is 0 Å². The van der Waals surface area contributed by atoms with Crippen LogP contribution in [0.15, 0.2) is 102 Å².